The van der Waals surface area contributed by atoms with Crippen molar-refractivity contribution in [2.45, 2.75) is 13.0 Å². The number of carbonyl (C=O) groups is 3. The second-order valence-electron chi connectivity index (χ2n) is 7.10. The molecule has 166 valence electrons. The fourth-order valence-electron chi connectivity index (χ4n) is 3.14. The van der Waals surface area contributed by atoms with Crippen LogP contribution in [0.2, 0.25) is 0 Å². The number of ether oxygens (including phenoxy) is 1. The first-order chi connectivity index (χ1) is 15.9. The normalized spacial score (nSPS) is 11.5. The van der Waals surface area contributed by atoms with Crippen molar-refractivity contribution in [2.75, 3.05) is 5.32 Å². The van der Waals surface area contributed by atoms with E-state index in [2.05, 4.69) is 10.4 Å². The molecule has 0 aliphatic rings. The molecule has 1 unspecified atom stereocenters. The lowest BCUT2D eigenvalue weighted by molar-refractivity contribution is -0.123. The Morgan fingerprint density at radius 3 is 2.33 bits per heavy atom. The molecule has 3 N–H and O–H groups in total. The predicted octanol–water partition coefficient (Wildman–Crippen LogP) is 3.88. The number of anilines is 1. The molecule has 4 aromatic rings. The molecule has 8 nitrogen and oxygen atoms in total. The number of esters is 1. The minimum atomic E-state index is -1.12. The van der Waals surface area contributed by atoms with Crippen LogP contribution in [0, 0.1) is 0 Å². The Morgan fingerprint density at radius 1 is 1.00 bits per heavy atom. The van der Waals surface area contributed by atoms with Crippen LogP contribution in [0.5, 0.6) is 0 Å². The van der Waals surface area contributed by atoms with Gasteiger partial charge in [-0.25, -0.2) is 9.48 Å². The summed E-state index contributed by atoms with van der Waals surface area (Å²) in [6, 6.07) is 20.1. The van der Waals surface area contributed by atoms with Crippen LogP contribution in [0.15, 0.2) is 78.3 Å². The zero-order chi connectivity index (χ0) is 23.4. The number of para-hydroxylation sites is 1. The highest BCUT2D eigenvalue weighted by molar-refractivity contribution is 7.14. The summed E-state index contributed by atoms with van der Waals surface area (Å²) in [6.07, 6.45) is 0.457. The van der Waals surface area contributed by atoms with Gasteiger partial charge in [-0.3, -0.25) is 9.59 Å². The number of thiophene rings is 1. The van der Waals surface area contributed by atoms with E-state index in [4.69, 9.17) is 10.5 Å². The SMILES string of the molecule is CC(OC(=O)c1cn(-c2ccccc2)nc1-c1ccccc1)C(=O)Nc1sccc1C(N)=O. The zero-order valence-electron chi connectivity index (χ0n) is 17.6. The lowest BCUT2D eigenvalue weighted by Gasteiger charge is -2.13. The molecule has 0 aliphatic carbocycles. The molecule has 9 heteroatoms. The molecule has 1 atom stereocenters. The monoisotopic (exact) mass is 460 g/mol. The molecule has 2 heterocycles. The van der Waals surface area contributed by atoms with Crippen LogP contribution in [-0.2, 0) is 9.53 Å². The van der Waals surface area contributed by atoms with Crippen molar-refractivity contribution >= 4 is 34.1 Å². The Morgan fingerprint density at radius 2 is 1.67 bits per heavy atom. The maximum atomic E-state index is 13.0. The fourth-order valence-corrected chi connectivity index (χ4v) is 3.93. The van der Waals surface area contributed by atoms with Gasteiger partial charge in [-0.05, 0) is 30.5 Å². The van der Waals surface area contributed by atoms with Gasteiger partial charge in [0.15, 0.2) is 6.10 Å². The van der Waals surface area contributed by atoms with E-state index in [0.29, 0.717) is 10.7 Å². The number of primary amides is 1. The van der Waals surface area contributed by atoms with Gasteiger partial charge < -0.3 is 15.8 Å². The third-order valence-electron chi connectivity index (χ3n) is 4.82. The Bertz CT molecular complexity index is 1300. The van der Waals surface area contributed by atoms with Crippen molar-refractivity contribution in [3.63, 3.8) is 0 Å². The second-order valence-corrected chi connectivity index (χ2v) is 8.02. The molecular weight excluding hydrogens is 440 g/mol. The maximum Gasteiger partial charge on any atom is 0.342 e. The summed E-state index contributed by atoms with van der Waals surface area (Å²) in [5.41, 5.74) is 7.68. The topological polar surface area (TPSA) is 116 Å². The molecule has 0 saturated heterocycles. The predicted molar refractivity (Wildman–Crippen MR) is 125 cm³/mol. The van der Waals surface area contributed by atoms with E-state index in [0.717, 1.165) is 22.6 Å². The first-order valence-electron chi connectivity index (χ1n) is 10.0. The van der Waals surface area contributed by atoms with Crippen molar-refractivity contribution in [1.29, 1.82) is 0 Å². The van der Waals surface area contributed by atoms with Crippen LogP contribution < -0.4 is 11.1 Å². The van der Waals surface area contributed by atoms with E-state index < -0.39 is 23.9 Å². The van der Waals surface area contributed by atoms with Crippen molar-refractivity contribution < 1.29 is 19.1 Å². The third kappa shape index (κ3) is 4.83. The molecule has 0 fully saturated rings. The van der Waals surface area contributed by atoms with Crippen LogP contribution in [0.3, 0.4) is 0 Å². The van der Waals surface area contributed by atoms with Crippen LogP contribution in [0.25, 0.3) is 16.9 Å². The number of aromatic nitrogens is 2. The smallest absolute Gasteiger partial charge is 0.342 e. The van der Waals surface area contributed by atoms with Gasteiger partial charge in [0, 0.05) is 11.8 Å². The number of nitrogens with one attached hydrogen (secondary N) is 1. The highest BCUT2D eigenvalue weighted by Crippen LogP contribution is 2.26. The molecule has 0 spiro atoms. The van der Waals surface area contributed by atoms with Gasteiger partial charge in [-0.2, -0.15) is 5.10 Å². The highest BCUT2D eigenvalue weighted by atomic mass is 32.1. The highest BCUT2D eigenvalue weighted by Gasteiger charge is 2.25. The second kappa shape index (κ2) is 9.49. The summed E-state index contributed by atoms with van der Waals surface area (Å²) in [7, 11) is 0. The van der Waals surface area contributed by atoms with E-state index in [1.54, 1.807) is 16.3 Å². The van der Waals surface area contributed by atoms with E-state index in [9.17, 15) is 14.4 Å². The molecule has 0 bridgehead atoms. The summed E-state index contributed by atoms with van der Waals surface area (Å²) >= 11 is 1.15. The van der Waals surface area contributed by atoms with Crippen molar-refractivity contribution in [1.82, 2.24) is 9.78 Å². The molecule has 0 aliphatic heterocycles. The maximum absolute atomic E-state index is 13.0. The number of carbonyl (C=O) groups excluding carboxylic acids is 3. The number of hydrogen-bond acceptors (Lipinski definition) is 6. The number of nitrogens with two attached hydrogens (primary N) is 1. The van der Waals surface area contributed by atoms with E-state index in [1.165, 1.54) is 13.0 Å². The quantitative estimate of drug-likeness (QED) is 0.406. The van der Waals surface area contributed by atoms with Gasteiger partial charge in [-0.15, -0.1) is 11.3 Å². The Balaban J connectivity index is 1.58. The summed E-state index contributed by atoms with van der Waals surface area (Å²) in [6.45, 7) is 1.45. The van der Waals surface area contributed by atoms with Gasteiger partial charge in [-0.1, -0.05) is 48.5 Å². The third-order valence-corrected chi connectivity index (χ3v) is 5.65. The van der Waals surface area contributed by atoms with E-state index >= 15 is 0 Å². The van der Waals surface area contributed by atoms with Gasteiger partial charge in [0.1, 0.15) is 16.3 Å². The van der Waals surface area contributed by atoms with Crippen LogP contribution in [-0.4, -0.2) is 33.7 Å². The van der Waals surface area contributed by atoms with Crippen LogP contribution in [0.1, 0.15) is 27.6 Å². The summed E-state index contributed by atoms with van der Waals surface area (Å²) < 4.78 is 7.03. The number of rotatable bonds is 7. The number of benzene rings is 2. The number of nitrogens with zero attached hydrogens (tertiary/aromatic N) is 2. The standard InChI is InChI=1S/C24H20N4O4S/c1-15(22(30)26-23-18(21(25)29)12-13-33-23)32-24(31)19-14-28(17-10-6-3-7-11-17)27-20(19)16-8-4-2-5-9-16/h2-15H,1H3,(H2,25,29)(H,26,30). The molecular formula is C24H20N4O4S. The average Bonchev–Trinajstić information content (AvgIpc) is 3.48. The van der Waals surface area contributed by atoms with Crippen LogP contribution >= 0.6 is 11.3 Å². The van der Waals surface area contributed by atoms with Gasteiger partial charge in [0.2, 0.25) is 0 Å². The Kier molecular flexibility index (Phi) is 6.32. The first kappa shape index (κ1) is 22.0. The lowest BCUT2D eigenvalue weighted by atomic mass is 10.1. The summed E-state index contributed by atoms with van der Waals surface area (Å²) in [5, 5.41) is 9.11. The minimum absolute atomic E-state index is 0.197. The molecule has 2 aromatic carbocycles. The average molecular weight is 461 g/mol. The van der Waals surface area contributed by atoms with Gasteiger partial charge in [0.05, 0.1) is 11.3 Å². The molecule has 4 rings (SSSR count). The largest absolute Gasteiger partial charge is 0.449 e. The molecule has 0 saturated carbocycles. The van der Waals surface area contributed by atoms with Gasteiger partial charge >= 0.3 is 5.97 Å². The first-order valence-corrected chi connectivity index (χ1v) is 10.9. The van der Waals surface area contributed by atoms with E-state index in [-0.39, 0.29) is 11.1 Å². The fraction of sp³-hybridized carbons (Fsp3) is 0.0833. The molecule has 2 aromatic heterocycles. The molecule has 33 heavy (non-hydrogen) atoms. The van der Waals surface area contributed by atoms with Crippen molar-refractivity contribution in [2.24, 2.45) is 5.73 Å². The van der Waals surface area contributed by atoms with Crippen LogP contribution in [0.4, 0.5) is 5.00 Å². The lowest BCUT2D eigenvalue weighted by Crippen LogP contribution is -2.30. The molecule has 0 radical (unpaired) electrons. The van der Waals surface area contributed by atoms with E-state index in [1.807, 2.05) is 60.7 Å². The Hall–Kier alpha value is -4.24. The minimum Gasteiger partial charge on any atom is -0.449 e. The zero-order valence-corrected chi connectivity index (χ0v) is 18.4. The summed E-state index contributed by atoms with van der Waals surface area (Å²) in [4.78, 5) is 37.1. The summed E-state index contributed by atoms with van der Waals surface area (Å²) in [5.74, 6) is -1.93. The number of hydrogen-bond donors (Lipinski definition) is 2. The van der Waals surface area contributed by atoms with Crippen molar-refractivity contribution in [3.05, 3.63) is 89.4 Å². The number of amides is 2. The van der Waals surface area contributed by atoms with Crippen molar-refractivity contribution in [3.8, 4) is 16.9 Å². The molecule has 2 amide bonds. The van der Waals surface area contributed by atoms with Gasteiger partial charge in [0.25, 0.3) is 11.8 Å². The Labute approximate surface area is 193 Å².